The van der Waals surface area contributed by atoms with Crippen LogP contribution in [0.3, 0.4) is 0 Å². The molecule has 0 aliphatic carbocycles. The highest BCUT2D eigenvalue weighted by Crippen LogP contribution is 2.41. The second-order valence-electron chi connectivity index (χ2n) is 7.01. The highest BCUT2D eigenvalue weighted by Gasteiger charge is 2.52. The number of halogens is 1. The van der Waals surface area contributed by atoms with Gasteiger partial charge in [-0.25, -0.2) is 4.79 Å². The van der Waals surface area contributed by atoms with E-state index >= 15 is 0 Å². The molecule has 4 rings (SSSR count). The SMILES string of the molecule is CC(C)CN1c2nnc(-c3ccc(Cl)cc3)n2C2C1C(=O)NC(=O)N2C. The first-order chi connectivity index (χ1) is 12.4. The number of imide groups is 1. The summed E-state index contributed by atoms with van der Waals surface area (Å²) in [5.74, 6) is 1.20. The topological polar surface area (TPSA) is 83.4 Å². The molecule has 1 aromatic carbocycles. The number of fused-ring (bicyclic) bond motifs is 3. The highest BCUT2D eigenvalue weighted by atomic mass is 35.5. The Labute approximate surface area is 155 Å². The summed E-state index contributed by atoms with van der Waals surface area (Å²) in [7, 11) is 1.67. The van der Waals surface area contributed by atoms with Crippen molar-refractivity contribution in [2.75, 3.05) is 18.5 Å². The molecule has 3 amide bonds. The smallest absolute Gasteiger partial charge is 0.325 e. The molecule has 0 spiro atoms. The zero-order valence-corrected chi connectivity index (χ0v) is 15.4. The number of rotatable bonds is 3. The molecule has 136 valence electrons. The number of likely N-dealkylation sites (N-methyl/N-ethyl adjacent to an activating group) is 1. The van der Waals surface area contributed by atoms with Gasteiger partial charge in [0.05, 0.1) is 0 Å². The lowest BCUT2D eigenvalue weighted by Crippen LogP contribution is -2.61. The average molecular weight is 375 g/mol. The van der Waals surface area contributed by atoms with E-state index in [1.807, 2.05) is 21.6 Å². The van der Waals surface area contributed by atoms with Gasteiger partial charge in [0, 0.05) is 24.2 Å². The fourth-order valence-corrected chi connectivity index (χ4v) is 3.71. The van der Waals surface area contributed by atoms with Crippen LogP contribution in [-0.2, 0) is 4.79 Å². The van der Waals surface area contributed by atoms with E-state index in [-0.39, 0.29) is 5.91 Å². The van der Waals surface area contributed by atoms with Crippen LogP contribution < -0.4 is 10.2 Å². The number of aromatic nitrogens is 3. The lowest BCUT2D eigenvalue weighted by atomic mass is 10.1. The Bertz CT molecular complexity index is 878. The van der Waals surface area contributed by atoms with Crippen molar-refractivity contribution in [2.45, 2.75) is 26.1 Å². The highest BCUT2D eigenvalue weighted by molar-refractivity contribution is 6.30. The fourth-order valence-electron chi connectivity index (χ4n) is 3.58. The van der Waals surface area contributed by atoms with E-state index in [9.17, 15) is 9.59 Å². The van der Waals surface area contributed by atoms with Crippen LogP contribution in [0.25, 0.3) is 11.4 Å². The van der Waals surface area contributed by atoms with Gasteiger partial charge < -0.3 is 9.80 Å². The molecule has 2 aliphatic rings. The summed E-state index contributed by atoms with van der Waals surface area (Å²) in [5, 5.41) is 11.7. The number of carbonyl (C=O) groups is 2. The van der Waals surface area contributed by atoms with Gasteiger partial charge in [0.1, 0.15) is 6.17 Å². The van der Waals surface area contributed by atoms with Gasteiger partial charge in [-0.1, -0.05) is 25.4 Å². The van der Waals surface area contributed by atoms with Gasteiger partial charge in [-0.15, -0.1) is 10.2 Å². The molecule has 2 unspecified atom stereocenters. The number of nitrogens with zero attached hydrogens (tertiary/aromatic N) is 5. The minimum absolute atomic E-state index is 0.314. The Morgan fingerprint density at radius 2 is 1.88 bits per heavy atom. The van der Waals surface area contributed by atoms with Crippen molar-refractivity contribution in [1.82, 2.24) is 25.0 Å². The maximum Gasteiger partial charge on any atom is 0.325 e. The first-order valence-electron chi connectivity index (χ1n) is 8.43. The minimum atomic E-state index is -0.531. The summed E-state index contributed by atoms with van der Waals surface area (Å²) in [6.45, 7) is 4.78. The quantitative estimate of drug-likeness (QED) is 0.889. The Morgan fingerprint density at radius 1 is 1.19 bits per heavy atom. The van der Waals surface area contributed by atoms with E-state index in [0.29, 0.717) is 29.3 Å². The van der Waals surface area contributed by atoms with Crippen molar-refractivity contribution in [1.29, 1.82) is 0 Å². The number of carbonyl (C=O) groups excluding carboxylic acids is 2. The monoisotopic (exact) mass is 374 g/mol. The summed E-state index contributed by atoms with van der Waals surface area (Å²) < 4.78 is 1.87. The maximum atomic E-state index is 12.6. The molecule has 0 radical (unpaired) electrons. The van der Waals surface area contributed by atoms with Gasteiger partial charge in [0.15, 0.2) is 11.9 Å². The third kappa shape index (κ3) is 2.44. The summed E-state index contributed by atoms with van der Waals surface area (Å²) in [4.78, 5) is 28.3. The number of hydrogen-bond donors (Lipinski definition) is 1. The second-order valence-corrected chi connectivity index (χ2v) is 7.45. The van der Waals surface area contributed by atoms with Crippen molar-refractivity contribution in [3.8, 4) is 11.4 Å². The van der Waals surface area contributed by atoms with Crippen LogP contribution in [0.4, 0.5) is 10.7 Å². The van der Waals surface area contributed by atoms with E-state index in [1.54, 1.807) is 19.2 Å². The van der Waals surface area contributed by atoms with E-state index in [1.165, 1.54) is 4.90 Å². The molecule has 2 atom stereocenters. The number of urea groups is 1. The van der Waals surface area contributed by atoms with E-state index in [0.717, 1.165) is 5.56 Å². The van der Waals surface area contributed by atoms with Gasteiger partial charge in [0.25, 0.3) is 5.91 Å². The van der Waals surface area contributed by atoms with Gasteiger partial charge in [-0.2, -0.15) is 0 Å². The normalized spacial score (nSPS) is 21.9. The van der Waals surface area contributed by atoms with Crippen molar-refractivity contribution in [2.24, 2.45) is 5.92 Å². The van der Waals surface area contributed by atoms with Crippen LogP contribution in [0, 0.1) is 5.92 Å². The molecule has 1 saturated heterocycles. The zero-order chi connectivity index (χ0) is 18.6. The molecule has 0 bridgehead atoms. The zero-order valence-electron chi connectivity index (χ0n) is 14.7. The van der Waals surface area contributed by atoms with Gasteiger partial charge in [0.2, 0.25) is 5.95 Å². The predicted molar refractivity (Wildman–Crippen MR) is 96.8 cm³/mol. The third-order valence-electron chi connectivity index (χ3n) is 4.70. The van der Waals surface area contributed by atoms with Crippen LogP contribution >= 0.6 is 11.6 Å². The molecular formula is C17H19ClN6O2. The number of hydrogen-bond acceptors (Lipinski definition) is 5. The van der Waals surface area contributed by atoms with Crippen LogP contribution in [0.15, 0.2) is 24.3 Å². The lowest BCUT2D eigenvalue weighted by Gasteiger charge is -2.37. The maximum absolute atomic E-state index is 12.6. The first kappa shape index (κ1) is 16.8. The van der Waals surface area contributed by atoms with Gasteiger partial charge in [-0.3, -0.25) is 14.7 Å². The Kier molecular flexibility index (Phi) is 3.87. The summed E-state index contributed by atoms with van der Waals surface area (Å²) in [5.41, 5.74) is 0.824. The molecule has 0 saturated carbocycles. The molecule has 1 fully saturated rings. The minimum Gasteiger partial charge on any atom is -0.325 e. The number of benzene rings is 1. The Balaban J connectivity index is 1.87. The average Bonchev–Trinajstić information content (AvgIpc) is 3.13. The van der Waals surface area contributed by atoms with Crippen molar-refractivity contribution >= 4 is 29.5 Å². The second kappa shape index (κ2) is 5.98. The van der Waals surface area contributed by atoms with Gasteiger partial charge >= 0.3 is 6.03 Å². The molecule has 3 heterocycles. The molecule has 8 nitrogen and oxygen atoms in total. The molecule has 1 aromatic heterocycles. The molecule has 9 heteroatoms. The fraction of sp³-hybridized carbons (Fsp3) is 0.412. The molecule has 26 heavy (non-hydrogen) atoms. The molecular weight excluding hydrogens is 356 g/mol. The van der Waals surface area contributed by atoms with E-state index in [2.05, 4.69) is 29.4 Å². The standard InChI is InChI=1S/C17H19ClN6O2/c1-9(2)8-23-12-14(25)19-17(26)22(3)15(12)24-13(20-21-16(23)24)10-4-6-11(18)7-5-10/h4-7,9,12,15H,8H2,1-3H3,(H,19,25,26). The summed E-state index contributed by atoms with van der Waals surface area (Å²) in [6.07, 6.45) is -0.495. The van der Waals surface area contributed by atoms with Crippen LogP contribution in [0.1, 0.15) is 20.0 Å². The van der Waals surface area contributed by atoms with Gasteiger partial charge in [-0.05, 0) is 30.2 Å². The Hall–Kier alpha value is -2.61. The number of nitrogens with one attached hydrogen (secondary N) is 1. The predicted octanol–water partition coefficient (Wildman–Crippen LogP) is 2.12. The van der Waals surface area contributed by atoms with Crippen molar-refractivity contribution < 1.29 is 9.59 Å². The van der Waals surface area contributed by atoms with Crippen molar-refractivity contribution in [3.05, 3.63) is 29.3 Å². The third-order valence-corrected chi connectivity index (χ3v) is 4.95. The summed E-state index contributed by atoms with van der Waals surface area (Å²) in [6, 6.07) is 6.30. The first-order valence-corrected chi connectivity index (χ1v) is 8.81. The molecule has 1 N–H and O–H groups in total. The van der Waals surface area contributed by atoms with E-state index < -0.39 is 18.2 Å². The van der Waals surface area contributed by atoms with Crippen LogP contribution in [0.5, 0.6) is 0 Å². The number of amides is 3. The Morgan fingerprint density at radius 3 is 2.54 bits per heavy atom. The van der Waals surface area contributed by atoms with Crippen LogP contribution in [-0.4, -0.2) is 51.2 Å². The summed E-state index contributed by atoms with van der Waals surface area (Å²) >= 11 is 5.99. The molecule has 2 aromatic rings. The van der Waals surface area contributed by atoms with E-state index in [4.69, 9.17) is 11.6 Å². The number of anilines is 1. The molecule has 2 aliphatic heterocycles. The lowest BCUT2D eigenvalue weighted by molar-refractivity contribution is -0.124. The van der Waals surface area contributed by atoms with Crippen LogP contribution in [0.2, 0.25) is 5.02 Å². The van der Waals surface area contributed by atoms with Crippen molar-refractivity contribution in [3.63, 3.8) is 0 Å². The largest absolute Gasteiger partial charge is 0.325 e.